The number of nitrogens with two attached hydrogens (primary N) is 1. The molecule has 1 atom stereocenters. The predicted octanol–water partition coefficient (Wildman–Crippen LogP) is 2.76. The lowest BCUT2D eigenvalue weighted by Gasteiger charge is -2.15. The van der Waals surface area contributed by atoms with E-state index < -0.39 is 11.9 Å². The number of thiazole rings is 1. The third-order valence-electron chi connectivity index (χ3n) is 3.35. The maximum absolute atomic E-state index is 12.2. The third kappa shape index (κ3) is 3.87. The Morgan fingerprint density at radius 2 is 1.92 bits per heavy atom. The van der Waals surface area contributed by atoms with E-state index in [9.17, 15) is 9.59 Å². The molecule has 3 N–H and O–H groups in total. The van der Waals surface area contributed by atoms with E-state index >= 15 is 0 Å². The van der Waals surface area contributed by atoms with Gasteiger partial charge in [-0.1, -0.05) is 36.4 Å². The van der Waals surface area contributed by atoms with Crippen molar-refractivity contribution in [2.24, 2.45) is 5.73 Å². The molecule has 1 unspecified atom stereocenters. The molecule has 0 aliphatic heterocycles. The first-order valence-corrected chi connectivity index (χ1v) is 9.01. The molecule has 0 saturated carbocycles. The molecule has 2 amide bonds. The lowest BCUT2D eigenvalue weighted by atomic mass is 10.1. The van der Waals surface area contributed by atoms with Gasteiger partial charge in [0.1, 0.15) is 11.0 Å². The topological polar surface area (TPSA) is 85.1 Å². The number of carbonyl (C=O) groups excluding carboxylic acids is 2. The van der Waals surface area contributed by atoms with Crippen molar-refractivity contribution >= 4 is 34.5 Å². The van der Waals surface area contributed by atoms with Crippen LogP contribution in [0.15, 0.2) is 53.2 Å². The number of thiophene rings is 1. The van der Waals surface area contributed by atoms with Crippen LogP contribution in [0.3, 0.4) is 0 Å². The fraction of sp³-hybridized carbons (Fsp3) is 0.118. The Kier molecular flexibility index (Phi) is 5.02. The van der Waals surface area contributed by atoms with Crippen LogP contribution in [0.25, 0.3) is 9.88 Å². The number of rotatable bonds is 6. The predicted molar refractivity (Wildman–Crippen MR) is 95.7 cm³/mol. The van der Waals surface area contributed by atoms with Crippen molar-refractivity contribution in [2.75, 3.05) is 0 Å². The summed E-state index contributed by atoms with van der Waals surface area (Å²) in [7, 11) is 0. The van der Waals surface area contributed by atoms with E-state index in [2.05, 4.69) is 10.3 Å². The van der Waals surface area contributed by atoms with Gasteiger partial charge in [-0.2, -0.15) is 0 Å². The van der Waals surface area contributed by atoms with Gasteiger partial charge >= 0.3 is 0 Å². The molecule has 3 rings (SSSR count). The summed E-state index contributed by atoms with van der Waals surface area (Å²) in [4.78, 5) is 29.4. The maximum atomic E-state index is 12.2. The zero-order chi connectivity index (χ0) is 16.9. The second-order valence-electron chi connectivity index (χ2n) is 5.11. The first kappa shape index (κ1) is 16.4. The van der Waals surface area contributed by atoms with Crippen molar-refractivity contribution in [3.8, 4) is 9.88 Å². The van der Waals surface area contributed by atoms with Gasteiger partial charge in [0.05, 0.1) is 17.0 Å². The molecule has 24 heavy (non-hydrogen) atoms. The highest BCUT2D eigenvalue weighted by molar-refractivity contribution is 7.20. The molecule has 0 saturated heterocycles. The van der Waals surface area contributed by atoms with Gasteiger partial charge in [0, 0.05) is 5.38 Å². The molecule has 2 heterocycles. The number of aromatic nitrogens is 1. The van der Waals surface area contributed by atoms with Gasteiger partial charge in [0.2, 0.25) is 11.8 Å². The number of benzene rings is 1. The summed E-state index contributed by atoms with van der Waals surface area (Å²) in [6.45, 7) is 0. The van der Waals surface area contributed by atoms with Crippen LogP contribution in [0.1, 0.15) is 17.3 Å². The van der Waals surface area contributed by atoms with E-state index in [1.54, 1.807) is 35.6 Å². The van der Waals surface area contributed by atoms with Crippen LogP contribution in [0.4, 0.5) is 0 Å². The number of hydrogen-bond acceptors (Lipinski definition) is 5. The summed E-state index contributed by atoms with van der Waals surface area (Å²) >= 11 is 3.10. The van der Waals surface area contributed by atoms with E-state index in [0.29, 0.717) is 11.3 Å². The SMILES string of the molecule is NC(=O)C(NC(=O)Cc1csc(-c2cccs2)n1)c1ccccc1. The smallest absolute Gasteiger partial charge is 0.244 e. The molecule has 7 heteroatoms. The van der Waals surface area contributed by atoms with Crippen molar-refractivity contribution in [1.29, 1.82) is 0 Å². The maximum Gasteiger partial charge on any atom is 0.244 e. The van der Waals surface area contributed by atoms with Crippen molar-refractivity contribution in [3.63, 3.8) is 0 Å². The molecular formula is C17H15N3O2S2. The van der Waals surface area contributed by atoms with Crippen molar-refractivity contribution < 1.29 is 9.59 Å². The Bertz CT molecular complexity index is 829. The summed E-state index contributed by atoms with van der Waals surface area (Å²) in [5.74, 6) is -0.877. The number of primary amides is 1. The zero-order valence-corrected chi connectivity index (χ0v) is 14.3. The van der Waals surface area contributed by atoms with Gasteiger partial charge < -0.3 is 11.1 Å². The molecule has 0 spiro atoms. The molecule has 0 radical (unpaired) electrons. The van der Waals surface area contributed by atoms with Crippen LogP contribution < -0.4 is 11.1 Å². The van der Waals surface area contributed by atoms with Crippen molar-refractivity contribution in [3.05, 3.63) is 64.5 Å². The highest BCUT2D eigenvalue weighted by Gasteiger charge is 2.20. The Morgan fingerprint density at radius 1 is 1.12 bits per heavy atom. The second kappa shape index (κ2) is 7.37. The monoisotopic (exact) mass is 357 g/mol. The molecular weight excluding hydrogens is 342 g/mol. The van der Waals surface area contributed by atoms with Crippen LogP contribution in [-0.2, 0) is 16.0 Å². The minimum absolute atomic E-state index is 0.110. The summed E-state index contributed by atoms with van der Waals surface area (Å²) in [6, 6.07) is 12.1. The van der Waals surface area contributed by atoms with Crippen LogP contribution in [0, 0.1) is 0 Å². The van der Waals surface area contributed by atoms with Gasteiger partial charge in [0.25, 0.3) is 0 Å². The number of hydrogen-bond donors (Lipinski definition) is 2. The van der Waals surface area contributed by atoms with Gasteiger partial charge in [0.15, 0.2) is 0 Å². The minimum Gasteiger partial charge on any atom is -0.368 e. The van der Waals surface area contributed by atoms with Crippen molar-refractivity contribution in [1.82, 2.24) is 10.3 Å². The van der Waals surface area contributed by atoms with Gasteiger partial charge in [-0.05, 0) is 17.0 Å². The van der Waals surface area contributed by atoms with Gasteiger partial charge in [-0.15, -0.1) is 22.7 Å². The van der Waals surface area contributed by atoms with Gasteiger partial charge in [-0.3, -0.25) is 9.59 Å². The molecule has 5 nitrogen and oxygen atoms in total. The molecule has 122 valence electrons. The summed E-state index contributed by atoms with van der Waals surface area (Å²) < 4.78 is 0. The average Bonchev–Trinajstić information content (AvgIpc) is 3.24. The van der Waals surface area contributed by atoms with E-state index in [-0.39, 0.29) is 12.3 Å². The number of nitrogens with one attached hydrogen (secondary N) is 1. The van der Waals surface area contributed by atoms with Crippen LogP contribution in [0.5, 0.6) is 0 Å². The normalized spacial score (nSPS) is 11.8. The molecule has 1 aromatic carbocycles. The van der Waals surface area contributed by atoms with Crippen LogP contribution in [-0.4, -0.2) is 16.8 Å². The molecule has 0 fully saturated rings. The highest BCUT2D eigenvalue weighted by atomic mass is 32.1. The number of carbonyl (C=O) groups is 2. The lowest BCUT2D eigenvalue weighted by molar-refractivity contribution is -0.127. The average molecular weight is 357 g/mol. The van der Waals surface area contributed by atoms with Crippen molar-refractivity contribution in [2.45, 2.75) is 12.5 Å². The van der Waals surface area contributed by atoms with Crippen LogP contribution >= 0.6 is 22.7 Å². The minimum atomic E-state index is -0.839. The lowest BCUT2D eigenvalue weighted by Crippen LogP contribution is -2.38. The molecule has 0 bridgehead atoms. The zero-order valence-electron chi connectivity index (χ0n) is 12.6. The fourth-order valence-corrected chi connectivity index (χ4v) is 3.88. The van der Waals surface area contributed by atoms with E-state index in [4.69, 9.17) is 5.73 Å². The quantitative estimate of drug-likeness (QED) is 0.711. The first-order valence-electron chi connectivity index (χ1n) is 7.25. The Balaban J connectivity index is 1.67. The summed E-state index contributed by atoms with van der Waals surface area (Å²) in [5.41, 5.74) is 6.75. The molecule has 0 aliphatic carbocycles. The van der Waals surface area contributed by atoms with Crippen LogP contribution in [0.2, 0.25) is 0 Å². The Hall–Kier alpha value is -2.51. The van der Waals surface area contributed by atoms with E-state index in [1.165, 1.54) is 11.3 Å². The first-order chi connectivity index (χ1) is 11.6. The largest absolute Gasteiger partial charge is 0.368 e. The number of nitrogens with zero attached hydrogens (tertiary/aromatic N) is 1. The van der Waals surface area contributed by atoms with E-state index in [0.717, 1.165) is 9.88 Å². The number of amides is 2. The van der Waals surface area contributed by atoms with E-state index in [1.807, 2.05) is 29.0 Å². The fourth-order valence-electron chi connectivity index (χ4n) is 2.24. The summed E-state index contributed by atoms with van der Waals surface area (Å²) in [5, 5.41) is 7.41. The third-order valence-corrected chi connectivity index (χ3v) is 5.28. The second-order valence-corrected chi connectivity index (χ2v) is 6.92. The molecule has 0 aliphatic rings. The highest BCUT2D eigenvalue weighted by Crippen LogP contribution is 2.27. The van der Waals surface area contributed by atoms with Gasteiger partial charge in [-0.25, -0.2) is 4.98 Å². The summed E-state index contributed by atoms with van der Waals surface area (Å²) in [6.07, 6.45) is 0.110. The Morgan fingerprint density at radius 3 is 2.58 bits per heavy atom. The molecule has 2 aromatic heterocycles. The standard InChI is InChI=1S/C17H15N3O2S2/c18-16(22)15(11-5-2-1-3-6-11)20-14(21)9-12-10-24-17(19-12)13-7-4-8-23-13/h1-8,10,15H,9H2,(H2,18,22)(H,20,21). The molecule has 3 aromatic rings. The Labute approximate surface area is 147 Å².